The molecule has 0 atom stereocenters. The van der Waals surface area contributed by atoms with Crippen LogP contribution in [0.5, 0.6) is 0 Å². The number of anilines is 2. The number of rotatable bonds is 1. The van der Waals surface area contributed by atoms with E-state index in [0.717, 1.165) is 11.1 Å². The largest absolute Gasteiger partial charge is 0.315 e. The molecule has 2 aromatic heterocycles. The van der Waals surface area contributed by atoms with Gasteiger partial charge in [-0.15, -0.1) is 5.10 Å². The molecule has 0 unspecified atom stereocenters. The Balaban J connectivity index is 1.92. The van der Waals surface area contributed by atoms with Gasteiger partial charge in [0.05, 0.1) is 18.1 Å². The minimum Gasteiger partial charge on any atom is -0.292 e. The van der Waals surface area contributed by atoms with Crippen molar-refractivity contribution in [1.29, 1.82) is 0 Å². The zero-order valence-corrected chi connectivity index (χ0v) is 11.1. The molecule has 0 aliphatic carbocycles. The Bertz CT molecular complexity index is 921. The molecule has 0 fully saturated rings. The number of benzene rings is 1. The van der Waals surface area contributed by atoms with Gasteiger partial charge in [0.2, 0.25) is 0 Å². The summed E-state index contributed by atoms with van der Waals surface area (Å²) in [6, 6.07) is 7.73. The highest BCUT2D eigenvalue weighted by molar-refractivity contribution is 5.80. The molecule has 0 amide bonds. The summed E-state index contributed by atoms with van der Waals surface area (Å²) in [6.07, 6.45) is 3.07. The molecule has 2 N–H and O–H groups in total. The van der Waals surface area contributed by atoms with Gasteiger partial charge in [-0.05, 0) is 23.8 Å². The molecule has 1 aliphatic rings. The number of halogens is 1. The standard InChI is InChI=1S/C14H9FN6O/c15-9-3-1-8(2-4-9)10-7-17-21-11-5-6-16-20-14(22)12(11)18-19-13(10)21/h1-7,18-19H. The molecule has 22 heavy (non-hydrogen) atoms. The lowest BCUT2D eigenvalue weighted by Gasteiger charge is -2.19. The quantitative estimate of drug-likeness (QED) is 0.709. The molecule has 0 bridgehead atoms. The molecule has 3 aromatic rings. The predicted molar refractivity (Wildman–Crippen MR) is 78.1 cm³/mol. The van der Waals surface area contributed by atoms with E-state index in [1.807, 2.05) is 0 Å². The first-order valence-electron chi connectivity index (χ1n) is 6.46. The van der Waals surface area contributed by atoms with Gasteiger partial charge in [0.1, 0.15) is 11.5 Å². The number of fused-ring (bicyclic) bond motifs is 3. The molecule has 4 rings (SSSR count). The van der Waals surface area contributed by atoms with Crippen molar-refractivity contribution in [2.24, 2.45) is 0 Å². The fourth-order valence-corrected chi connectivity index (χ4v) is 2.34. The highest BCUT2D eigenvalue weighted by atomic mass is 19.1. The van der Waals surface area contributed by atoms with E-state index in [1.165, 1.54) is 18.3 Å². The van der Waals surface area contributed by atoms with Gasteiger partial charge < -0.3 is 0 Å². The normalized spacial score (nSPS) is 11.9. The fraction of sp³-hybridized carbons (Fsp3) is 0. The van der Waals surface area contributed by atoms with Gasteiger partial charge in [-0.25, -0.2) is 9.07 Å². The van der Waals surface area contributed by atoms with E-state index in [2.05, 4.69) is 26.1 Å². The van der Waals surface area contributed by atoms with Gasteiger partial charge in [0.25, 0.3) is 0 Å². The van der Waals surface area contributed by atoms with E-state index < -0.39 is 5.56 Å². The van der Waals surface area contributed by atoms with Crippen molar-refractivity contribution in [3.05, 3.63) is 58.9 Å². The maximum Gasteiger partial charge on any atom is 0.315 e. The van der Waals surface area contributed by atoms with Crippen LogP contribution in [0.3, 0.4) is 0 Å². The molecule has 1 aromatic carbocycles. The van der Waals surface area contributed by atoms with Crippen LogP contribution in [-0.2, 0) is 0 Å². The van der Waals surface area contributed by atoms with E-state index in [-0.39, 0.29) is 11.5 Å². The van der Waals surface area contributed by atoms with Crippen LogP contribution in [0.4, 0.5) is 15.9 Å². The van der Waals surface area contributed by atoms with Gasteiger partial charge in [0, 0.05) is 5.56 Å². The maximum absolute atomic E-state index is 13.1. The molecular formula is C14H9FN6O. The monoisotopic (exact) mass is 296 g/mol. The van der Waals surface area contributed by atoms with E-state index in [4.69, 9.17) is 0 Å². The van der Waals surface area contributed by atoms with Gasteiger partial charge in [0.15, 0.2) is 5.82 Å². The summed E-state index contributed by atoms with van der Waals surface area (Å²) in [5.74, 6) is 0.339. The number of hydrazine groups is 1. The highest BCUT2D eigenvalue weighted by Crippen LogP contribution is 2.33. The molecule has 0 saturated carbocycles. The Morgan fingerprint density at radius 2 is 1.91 bits per heavy atom. The van der Waals surface area contributed by atoms with Crippen molar-refractivity contribution in [2.45, 2.75) is 0 Å². The molecule has 1 aliphatic heterocycles. The minimum atomic E-state index is -0.489. The van der Waals surface area contributed by atoms with Crippen LogP contribution >= 0.6 is 0 Å². The molecule has 108 valence electrons. The lowest BCUT2D eigenvalue weighted by Crippen LogP contribution is -2.25. The van der Waals surface area contributed by atoms with Gasteiger partial charge in [-0.1, -0.05) is 12.1 Å². The summed E-state index contributed by atoms with van der Waals surface area (Å²) in [5.41, 5.74) is 7.63. The summed E-state index contributed by atoms with van der Waals surface area (Å²) < 4.78 is 14.6. The first kappa shape index (κ1) is 12.5. The van der Waals surface area contributed by atoms with Gasteiger partial charge >= 0.3 is 5.56 Å². The summed E-state index contributed by atoms with van der Waals surface area (Å²) >= 11 is 0. The molecule has 3 heterocycles. The number of nitrogens with one attached hydrogen (secondary N) is 2. The van der Waals surface area contributed by atoms with E-state index >= 15 is 0 Å². The van der Waals surface area contributed by atoms with Crippen molar-refractivity contribution >= 4 is 11.5 Å². The third-order valence-corrected chi connectivity index (χ3v) is 3.38. The van der Waals surface area contributed by atoms with Crippen molar-refractivity contribution in [3.8, 4) is 16.8 Å². The third kappa shape index (κ3) is 1.81. The molecule has 7 nitrogen and oxygen atoms in total. The summed E-state index contributed by atoms with van der Waals surface area (Å²) in [5, 5.41) is 11.4. The Hall–Kier alpha value is -3.29. The molecule has 8 heteroatoms. The smallest absolute Gasteiger partial charge is 0.292 e. The van der Waals surface area contributed by atoms with Crippen LogP contribution < -0.4 is 16.4 Å². The maximum atomic E-state index is 13.1. The van der Waals surface area contributed by atoms with Gasteiger partial charge in [-0.2, -0.15) is 10.2 Å². The second-order valence-electron chi connectivity index (χ2n) is 4.67. The number of hydrogen-bond donors (Lipinski definition) is 2. The Kier molecular flexibility index (Phi) is 2.62. The Morgan fingerprint density at radius 1 is 1.09 bits per heavy atom. The third-order valence-electron chi connectivity index (χ3n) is 3.38. The zero-order chi connectivity index (χ0) is 15.1. The predicted octanol–water partition coefficient (Wildman–Crippen LogP) is 1.58. The van der Waals surface area contributed by atoms with Crippen LogP contribution in [-0.4, -0.2) is 20.0 Å². The lowest BCUT2D eigenvalue weighted by atomic mass is 10.1. The van der Waals surface area contributed by atoms with Gasteiger partial charge in [-0.3, -0.25) is 15.6 Å². The first-order valence-corrected chi connectivity index (χ1v) is 6.46. The molecule has 0 radical (unpaired) electrons. The van der Waals surface area contributed by atoms with Crippen molar-refractivity contribution < 1.29 is 4.39 Å². The summed E-state index contributed by atoms with van der Waals surface area (Å²) in [4.78, 5) is 11.8. The van der Waals surface area contributed by atoms with Crippen molar-refractivity contribution in [1.82, 2.24) is 20.0 Å². The SMILES string of the molecule is O=c1nnccc2c1NNc1c(-c3ccc(F)cc3)cnn1-2. The Morgan fingerprint density at radius 3 is 2.73 bits per heavy atom. The number of aromatic nitrogens is 4. The summed E-state index contributed by atoms with van der Waals surface area (Å²) in [6.45, 7) is 0. The number of hydrogen-bond acceptors (Lipinski definition) is 6. The summed E-state index contributed by atoms with van der Waals surface area (Å²) in [7, 11) is 0. The van der Waals surface area contributed by atoms with E-state index in [0.29, 0.717) is 11.5 Å². The fourth-order valence-electron chi connectivity index (χ4n) is 2.34. The van der Waals surface area contributed by atoms with Crippen LogP contribution in [0.2, 0.25) is 0 Å². The van der Waals surface area contributed by atoms with E-state index in [1.54, 1.807) is 29.1 Å². The number of nitrogens with zero attached hydrogens (tertiary/aromatic N) is 4. The molecule has 0 spiro atoms. The topological polar surface area (TPSA) is 84.7 Å². The lowest BCUT2D eigenvalue weighted by molar-refractivity contribution is 0.628. The average molecular weight is 296 g/mol. The van der Waals surface area contributed by atoms with E-state index in [9.17, 15) is 9.18 Å². The van der Waals surface area contributed by atoms with Crippen LogP contribution in [0.25, 0.3) is 16.8 Å². The van der Waals surface area contributed by atoms with Crippen LogP contribution in [0, 0.1) is 5.82 Å². The van der Waals surface area contributed by atoms with Crippen molar-refractivity contribution in [2.75, 3.05) is 10.9 Å². The van der Waals surface area contributed by atoms with Crippen LogP contribution in [0.1, 0.15) is 0 Å². The van der Waals surface area contributed by atoms with Crippen LogP contribution in [0.15, 0.2) is 47.5 Å². The minimum absolute atomic E-state index is 0.263. The second-order valence-corrected chi connectivity index (χ2v) is 4.67. The highest BCUT2D eigenvalue weighted by Gasteiger charge is 2.22. The average Bonchev–Trinajstić information content (AvgIpc) is 2.87. The Labute approximate surface area is 123 Å². The second kappa shape index (κ2) is 4.62. The zero-order valence-electron chi connectivity index (χ0n) is 11.1. The molecule has 0 saturated heterocycles. The first-order chi connectivity index (χ1) is 10.7. The molecular weight excluding hydrogens is 287 g/mol. The van der Waals surface area contributed by atoms with Crippen molar-refractivity contribution in [3.63, 3.8) is 0 Å².